The summed E-state index contributed by atoms with van der Waals surface area (Å²) in [5.74, 6) is -0.330. The molecule has 1 unspecified atom stereocenters. The number of hydrogen-bond donors (Lipinski definition) is 2. The Morgan fingerprint density at radius 2 is 1.86 bits per heavy atom. The van der Waals surface area contributed by atoms with E-state index >= 15 is 0 Å². The molecule has 2 aliphatic rings. The summed E-state index contributed by atoms with van der Waals surface area (Å²) in [6, 6.07) is 7.92. The number of piperidine rings is 1. The van der Waals surface area contributed by atoms with Crippen molar-refractivity contribution >= 4 is 26.8 Å². The number of pyridine rings is 1. The molecule has 4 rings (SSSR count). The van der Waals surface area contributed by atoms with Crippen molar-refractivity contribution in [1.29, 1.82) is 0 Å². The van der Waals surface area contributed by atoms with Crippen LogP contribution in [0.2, 0.25) is 0 Å². The lowest BCUT2D eigenvalue weighted by atomic mass is 9.98. The molecular formula is C20H25N3O4S. The van der Waals surface area contributed by atoms with Gasteiger partial charge in [0.25, 0.3) is 0 Å². The van der Waals surface area contributed by atoms with E-state index < -0.39 is 10.0 Å². The molecule has 28 heavy (non-hydrogen) atoms. The normalized spacial score (nSPS) is 21.8. The van der Waals surface area contributed by atoms with Crippen LogP contribution in [0.3, 0.4) is 0 Å². The van der Waals surface area contributed by atoms with E-state index in [0.29, 0.717) is 30.3 Å². The highest BCUT2D eigenvalue weighted by Crippen LogP contribution is 2.26. The van der Waals surface area contributed by atoms with E-state index in [1.54, 1.807) is 18.2 Å². The third-order valence-electron chi connectivity index (χ3n) is 5.79. The van der Waals surface area contributed by atoms with Crippen LogP contribution in [-0.2, 0) is 14.8 Å². The first-order chi connectivity index (χ1) is 13.4. The fraction of sp³-hybridized carbons (Fsp3) is 0.500. The minimum Gasteiger partial charge on any atom is -0.353 e. The van der Waals surface area contributed by atoms with Crippen LogP contribution in [0.1, 0.15) is 38.5 Å². The van der Waals surface area contributed by atoms with Crippen molar-refractivity contribution in [2.24, 2.45) is 5.92 Å². The number of amides is 1. The second kappa shape index (κ2) is 7.67. The summed E-state index contributed by atoms with van der Waals surface area (Å²) in [6.07, 6.45) is 5.69. The summed E-state index contributed by atoms with van der Waals surface area (Å²) in [7, 11) is -3.70. The van der Waals surface area contributed by atoms with Gasteiger partial charge in [0, 0.05) is 30.7 Å². The van der Waals surface area contributed by atoms with Gasteiger partial charge in [0.1, 0.15) is 0 Å². The van der Waals surface area contributed by atoms with Gasteiger partial charge in [-0.2, -0.15) is 4.31 Å². The lowest BCUT2D eigenvalue weighted by Crippen LogP contribution is -2.47. The molecule has 0 bridgehead atoms. The molecule has 1 aromatic heterocycles. The summed E-state index contributed by atoms with van der Waals surface area (Å²) in [5, 5.41) is 3.76. The Balaban J connectivity index is 1.52. The molecule has 0 radical (unpaired) electrons. The molecule has 2 heterocycles. The lowest BCUT2D eigenvalue weighted by molar-refractivity contribution is -0.126. The van der Waals surface area contributed by atoms with Gasteiger partial charge in [-0.05, 0) is 55.3 Å². The Morgan fingerprint density at radius 1 is 1.07 bits per heavy atom. The molecular weight excluding hydrogens is 378 g/mol. The van der Waals surface area contributed by atoms with Crippen LogP contribution in [0.5, 0.6) is 0 Å². The first kappa shape index (κ1) is 19.1. The summed E-state index contributed by atoms with van der Waals surface area (Å²) in [6.45, 7) is 0.629. The average Bonchev–Trinajstić information content (AvgIpc) is 3.20. The number of rotatable bonds is 4. The van der Waals surface area contributed by atoms with Crippen LogP contribution in [-0.4, -0.2) is 42.7 Å². The number of carbonyl (C=O) groups excluding carboxylic acids is 1. The smallest absolute Gasteiger partial charge is 0.248 e. The summed E-state index contributed by atoms with van der Waals surface area (Å²) < 4.78 is 27.7. The van der Waals surface area contributed by atoms with Gasteiger partial charge in [-0.25, -0.2) is 8.42 Å². The van der Waals surface area contributed by atoms with Gasteiger partial charge >= 0.3 is 0 Å². The Labute approximate surface area is 164 Å². The molecule has 2 aromatic rings. The third-order valence-corrected chi connectivity index (χ3v) is 7.65. The van der Waals surface area contributed by atoms with Crippen LogP contribution >= 0.6 is 0 Å². The van der Waals surface area contributed by atoms with Crippen LogP contribution in [0.25, 0.3) is 10.9 Å². The molecule has 1 aromatic carbocycles. The lowest BCUT2D eigenvalue weighted by Gasteiger charge is -2.32. The number of fused-ring (bicyclic) bond motifs is 1. The molecule has 1 amide bonds. The summed E-state index contributed by atoms with van der Waals surface area (Å²) in [4.78, 5) is 26.9. The molecule has 1 aliphatic carbocycles. The van der Waals surface area contributed by atoms with E-state index in [2.05, 4.69) is 10.3 Å². The van der Waals surface area contributed by atoms with E-state index in [0.717, 1.165) is 25.7 Å². The van der Waals surface area contributed by atoms with E-state index in [9.17, 15) is 18.0 Å². The van der Waals surface area contributed by atoms with E-state index in [1.165, 1.54) is 16.4 Å². The second-order valence-electron chi connectivity index (χ2n) is 7.76. The van der Waals surface area contributed by atoms with Gasteiger partial charge in [0.2, 0.25) is 21.5 Å². The van der Waals surface area contributed by atoms with Crippen LogP contribution in [0.4, 0.5) is 0 Å². The largest absolute Gasteiger partial charge is 0.353 e. The molecule has 1 saturated heterocycles. The van der Waals surface area contributed by atoms with Crippen LogP contribution < -0.4 is 10.9 Å². The number of nitrogens with zero attached hydrogens (tertiary/aromatic N) is 1. The Bertz CT molecular complexity index is 1040. The van der Waals surface area contributed by atoms with Crippen molar-refractivity contribution in [2.45, 2.75) is 49.5 Å². The van der Waals surface area contributed by atoms with Crippen molar-refractivity contribution in [3.63, 3.8) is 0 Å². The Hall–Kier alpha value is -2.19. The predicted octanol–water partition coefficient (Wildman–Crippen LogP) is 1.99. The number of hydrogen-bond acceptors (Lipinski definition) is 4. The summed E-state index contributed by atoms with van der Waals surface area (Å²) in [5.41, 5.74) is 0.370. The number of carbonyl (C=O) groups is 1. The maximum atomic E-state index is 13.1. The highest BCUT2D eigenvalue weighted by Gasteiger charge is 2.34. The highest BCUT2D eigenvalue weighted by atomic mass is 32.2. The van der Waals surface area contributed by atoms with Gasteiger partial charge in [-0.15, -0.1) is 0 Å². The topological polar surface area (TPSA) is 99.3 Å². The second-order valence-corrected chi connectivity index (χ2v) is 9.70. The highest BCUT2D eigenvalue weighted by molar-refractivity contribution is 7.89. The first-order valence-electron chi connectivity index (χ1n) is 9.87. The quantitative estimate of drug-likeness (QED) is 0.815. The van der Waals surface area contributed by atoms with Gasteiger partial charge < -0.3 is 10.3 Å². The fourth-order valence-electron chi connectivity index (χ4n) is 4.21. The molecule has 1 aliphatic heterocycles. The van der Waals surface area contributed by atoms with Gasteiger partial charge in [0.15, 0.2) is 0 Å². The summed E-state index contributed by atoms with van der Waals surface area (Å²) >= 11 is 0. The van der Waals surface area contributed by atoms with Crippen molar-refractivity contribution in [3.8, 4) is 0 Å². The number of H-pyrrole nitrogens is 1. The van der Waals surface area contributed by atoms with Crippen LogP contribution in [0.15, 0.2) is 40.0 Å². The standard InChI is InChI=1S/C20H25N3O4S/c24-19-10-7-14-12-17(8-9-18(14)22-19)28(26,27)23-11-3-4-15(13-23)20(25)21-16-5-1-2-6-16/h7-10,12,15-16H,1-6,11,13H2,(H,21,25)(H,22,24). The Morgan fingerprint density at radius 3 is 2.64 bits per heavy atom. The maximum absolute atomic E-state index is 13.1. The molecule has 1 saturated carbocycles. The van der Waals surface area contributed by atoms with Crippen LogP contribution in [0, 0.1) is 5.92 Å². The monoisotopic (exact) mass is 403 g/mol. The number of aromatic nitrogens is 1. The van der Waals surface area contributed by atoms with E-state index in [-0.39, 0.29) is 34.9 Å². The number of aromatic amines is 1. The number of nitrogens with one attached hydrogen (secondary N) is 2. The molecule has 0 spiro atoms. The zero-order valence-electron chi connectivity index (χ0n) is 15.7. The van der Waals surface area contributed by atoms with Crippen molar-refractivity contribution in [3.05, 3.63) is 40.7 Å². The van der Waals surface area contributed by atoms with E-state index in [1.807, 2.05) is 0 Å². The molecule has 2 N–H and O–H groups in total. The molecule has 1 atom stereocenters. The average molecular weight is 404 g/mol. The van der Waals surface area contributed by atoms with Crippen molar-refractivity contribution in [1.82, 2.24) is 14.6 Å². The first-order valence-corrected chi connectivity index (χ1v) is 11.3. The fourth-order valence-corrected chi connectivity index (χ4v) is 5.77. The minimum atomic E-state index is -3.70. The zero-order chi connectivity index (χ0) is 19.7. The number of benzene rings is 1. The third kappa shape index (κ3) is 3.84. The van der Waals surface area contributed by atoms with Gasteiger partial charge in [0.05, 0.1) is 10.8 Å². The minimum absolute atomic E-state index is 0.0251. The zero-order valence-corrected chi connectivity index (χ0v) is 16.5. The maximum Gasteiger partial charge on any atom is 0.248 e. The Kier molecular flexibility index (Phi) is 5.25. The molecule has 8 heteroatoms. The van der Waals surface area contributed by atoms with Gasteiger partial charge in [-0.3, -0.25) is 9.59 Å². The van der Waals surface area contributed by atoms with Gasteiger partial charge in [-0.1, -0.05) is 12.8 Å². The molecule has 7 nitrogen and oxygen atoms in total. The predicted molar refractivity (Wildman–Crippen MR) is 106 cm³/mol. The molecule has 2 fully saturated rings. The number of sulfonamides is 1. The van der Waals surface area contributed by atoms with Crippen molar-refractivity contribution in [2.75, 3.05) is 13.1 Å². The molecule has 150 valence electrons. The van der Waals surface area contributed by atoms with Crippen molar-refractivity contribution < 1.29 is 13.2 Å². The van der Waals surface area contributed by atoms with E-state index in [4.69, 9.17) is 0 Å². The SMILES string of the molecule is O=C(NC1CCCC1)C1CCCN(S(=O)(=O)c2ccc3[nH]c(=O)ccc3c2)C1.